The fraction of sp³-hybridized carbons (Fsp3) is 0.650. The summed E-state index contributed by atoms with van der Waals surface area (Å²) in [5.41, 5.74) is 6.42. The lowest BCUT2D eigenvalue weighted by atomic mass is 10.1. The first-order valence-electron chi connectivity index (χ1n) is 9.87. The Morgan fingerprint density at radius 1 is 1.12 bits per heavy atom. The lowest BCUT2D eigenvalue weighted by Gasteiger charge is -2.35. The Morgan fingerprint density at radius 2 is 1.85 bits per heavy atom. The highest BCUT2D eigenvalue weighted by Crippen LogP contribution is 2.17. The topological polar surface area (TPSA) is 81.8 Å². The molecule has 1 aromatic carbocycles. The minimum absolute atomic E-state index is 0.0548. The molecule has 2 rings (SSSR count). The number of carbonyl (C=O) groups is 1. The summed E-state index contributed by atoms with van der Waals surface area (Å²) in [5.74, 6) is 0.321. The van der Waals surface area contributed by atoms with E-state index in [1.807, 2.05) is 12.1 Å². The minimum atomic E-state index is 0.0548. The number of hydrogen-bond donors (Lipinski definition) is 3. The van der Waals surface area contributed by atoms with E-state index in [1.54, 1.807) is 12.1 Å². The van der Waals surface area contributed by atoms with Crippen LogP contribution < -0.4 is 11.1 Å². The van der Waals surface area contributed by atoms with Gasteiger partial charge in [0.25, 0.3) is 0 Å². The number of phenolic OH excluding ortho intramolecular Hbond substituents is 1. The number of carbonyl (C=O) groups excluding carboxylic acids is 1. The van der Waals surface area contributed by atoms with Gasteiger partial charge in [-0.2, -0.15) is 0 Å². The van der Waals surface area contributed by atoms with Gasteiger partial charge in [-0.05, 0) is 56.8 Å². The quantitative estimate of drug-likeness (QED) is 0.520. The van der Waals surface area contributed by atoms with Gasteiger partial charge < -0.3 is 16.2 Å². The van der Waals surface area contributed by atoms with Crippen molar-refractivity contribution < 1.29 is 9.90 Å². The van der Waals surface area contributed by atoms with Crippen molar-refractivity contribution in [1.29, 1.82) is 0 Å². The maximum absolute atomic E-state index is 11.9. The van der Waals surface area contributed by atoms with Crippen LogP contribution in [0.1, 0.15) is 37.7 Å². The summed E-state index contributed by atoms with van der Waals surface area (Å²) in [4.78, 5) is 16.9. The van der Waals surface area contributed by atoms with E-state index in [4.69, 9.17) is 5.73 Å². The number of aryl methyl sites for hydroxylation is 1. The van der Waals surface area contributed by atoms with Crippen LogP contribution in [0.2, 0.25) is 0 Å². The molecule has 4 N–H and O–H groups in total. The molecule has 0 radical (unpaired) electrons. The number of benzene rings is 1. The van der Waals surface area contributed by atoms with Crippen molar-refractivity contribution in [1.82, 2.24) is 15.1 Å². The minimum Gasteiger partial charge on any atom is -0.508 e. The summed E-state index contributed by atoms with van der Waals surface area (Å²) >= 11 is 0. The third-order valence-electron chi connectivity index (χ3n) is 4.86. The molecule has 0 bridgehead atoms. The van der Waals surface area contributed by atoms with Crippen LogP contribution in [-0.4, -0.2) is 66.8 Å². The zero-order valence-electron chi connectivity index (χ0n) is 15.8. The molecule has 1 fully saturated rings. The molecular formula is C20H34N4O2. The van der Waals surface area contributed by atoms with Gasteiger partial charge in [0.15, 0.2) is 0 Å². The molecule has 6 nitrogen and oxygen atoms in total. The van der Waals surface area contributed by atoms with Gasteiger partial charge in [-0.3, -0.25) is 14.6 Å². The molecule has 26 heavy (non-hydrogen) atoms. The van der Waals surface area contributed by atoms with Crippen LogP contribution in [0.5, 0.6) is 5.75 Å². The van der Waals surface area contributed by atoms with Gasteiger partial charge in [-0.1, -0.05) is 18.2 Å². The third-order valence-corrected chi connectivity index (χ3v) is 4.86. The molecule has 146 valence electrons. The van der Waals surface area contributed by atoms with Gasteiger partial charge in [-0.25, -0.2) is 0 Å². The maximum atomic E-state index is 11.9. The molecule has 0 aromatic heterocycles. The van der Waals surface area contributed by atoms with Crippen molar-refractivity contribution in [2.75, 3.05) is 45.9 Å². The van der Waals surface area contributed by atoms with E-state index >= 15 is 0 Å². The van der Waals surface area contributed by atoms with Gasteiger partial charge in [0.05, 0.1) is 6.67 Å². The Kier molecular flexibility index (Phi) is 9.45. The van der Waals surface area contributed by atoms with Crippen molar-refractivity contribution in [3.8, 4) is 5.75 Å². The second-order valence-electron chi connectivity index (χ2n) is 7.06. The van der Waals surface area contributed by atoms with Crippen LogP contribution in [-0.2, 0) is 11.2 Å². The lowest BCUT2D eigenvalue weighted by molar-refractivity contribution is -0.121. The number of hydrogen-bond acceptors (Lipinski definition) is 5. The Balaban J connectivity index is 1.52. The Labute approximate surface area is 157 Å². The fourth-order valence-electron chi connectivity index (χ4n) is 3.37. The van der Waals surface area contributed by atoms with Gasteiger partial charge >= 0.3 is 0 Å². The largest absolute Gasteiger partial charge is 0.508 e. The summed E-state index contributed by atoms with van der Waals surface area (Å²) in [6, 6.07) is 7.19. The second kappa shape index (κ2) is 11.9. The zero-order chi connectivity index (χ0) is 18.6. The first-order chi connectivity index (χ1) is 12.7. The van der Waals surface area contributed by atoms with Gasteiger partial charge in [-0.15, -0.1) is 0 Å². The highest BCUT2D eigenvalue weighted by Gasteiger charge is 2.16. The fourth-order valence-corrected chi connectivity index (χ4v) is 3.37. The van der Waals surface area contributed by atoms with E-state index in [0.29, 0.717) is 12.8 Å². The van der Waals surface area contributed by atoms with Crippen LogP contribution in [0.3, 0.4) is 0 Å². The molecule has 1 aromatic rings. The molecular weight excluding hydrogens is 328 g/mol. The number of phenols is 1. The Bertz CT molecular complexity index is 538. The number of aromatic hydroxyl groups is 1. The maximum Gasteiger partial charge on any atom is 0.220 e. The third kappa shape index (κ3) is 7.72. The number of amides is 1. The van der Waals surface area contributed by atoms with E-state index < -0.39 is 0 Å². The predicted molar refractivity (Wildman–Crippen MR) is 105 cm³/mol. The molecule has 0 unspecified atom stereocenters. The van der Waals surface area contributed by atoms with E-state index in [2.05, 4.69) is 15.1 Å². The van der Waals surface area contributed by atoms with Gasteiger partial charge in [0.2, 0.25) is 5.91 Å². The average Bonchev–Trinajstić information content (AvgIpc) is 2.66. The molecule has 1 aliphatic rings. The molecule has 1 saturated heterocycles. The SMILES string of the molecule is NCCCN1CCCN(CCCCNC(=O)CCc2ccccc2O)C1. The first-order valence-corrected chi connectivity index (χ1v) is 9.87. The summed E-state index contributed by atoms with van der Waals surface area (Å²) in [6.45, 7) is 7.08. The van der Waals surface area contributed by atoms with E-state index in [0.717, 1.165) is 57.7 Å². The molecule has 1 aliphatic heterocycles. The van der Waals surface area contributed by atoms with E-state index in [9.17, 15) is 9.90 Å². The summed E-state index contributed by atoms with van der Waals surface area (Å²) in [6.07, 6.45) is 5.39. The molecule has 0 spiro atoms. The molecule has 1 heterocycles. The lowest BCUT2D eigenvalue weighted by Crippen LogP contribution is -2.45. The highest BCUT2D eigenvalue weighted by molar-refractivity contribution is 5.76. The van der Waals surface area contributed by atoms with Crippen LogP contribution >= 0.6 is 0 Å². The number of rotatable bonds is 11. The highest BCUT2D eigenvalue weighted by atomic mass is 16.3. The standard InChI is InChI=1S/C20H34N4O2/c21-11-5-14-24-16-6-15-23(17-24)13-4-3-12-22-20(26)10-9-18-7-1-2-8-19(18)25/h1-2,7-8,25H,3-6,9-17,21H2,(H,22,26). The van der Waals surface area contributed by atoms with Crippen molar-refractivity contribution in [3.05, 3.63) is 29.8 Å². The predicted octanol–water partition coefficient (Wildman–Crippen LogP) is 1.54. The molecule has 1 amide bonds. The smallest absolute Gasteiger partial charge is 0.220 e. The summed E-state index contributed by atoms with van der Waals surface area (Å²) < 4.78 is 0. The molecule has 0 aliphatic carbocycles. The summed E-state index contributed by atoms with van der Waals surface area (Å²) in [7, 11) is 0. The van der Waals surface area contributed by atoms with E-state index in [-0.39, 0.29) is 11.7 Å². The van der Waals surface area contributed by atoms with Gasteiger partial charge in [0, 0.05) is 32.6 Å². The van der Waals surface area contributed by atoms with Crippen LogP contribution in [0.15, 0.2) is 24.3 Å². The Morgan fingerprint density at radius 3 is 2.58 bits per heavy atom. The Hall–Kier alpha value is -1.63. The number of unbranched alkanes of at least 4 members (excludes halogenated alkanes) is 1. The van der Waals surface area contributed by atoms with Gasteiger partial charge in [0.1, 0.15) is 5.75 Å². The number of para-hydroxylation sites is 1. The normalized spacial score (nSPS) is 15.9. The van der Waals surface area contributed by atoms with E-state index in [1.165, 1.54) is 19.5 Å². The van der Waals surface area contributed by atoms with Crippen LogP contribution in [0, 0.1) is 0 Å². The zero-order valence-corrected chi connectivity index (χ0v) is 15.8. The van der Waals surface area contributed by atoms with Crippen molar-refractivity contribution >= 4 is 5.91 Å². The monoisotopic (exact) mass is 362 g/mol. The number of nitrogens with two attached hydrogens (primary N) is 1. The number of nitrogens with zero attached hydrogens (tertiary/aromatic N) is 2. The average molecular weight is 363 g/mol. The summed E-state index contributed by atoms with van der Waals surface area (Å²) in [5, 5.41) is 12.7. The molecule has 6 heteroatoms. The van der Waals surface area contributed by atoms with Crippen molar-refractivity contribution in [2.24, 2.45) is 5.73 Å². The molecule has 0 atom stereocenters. The molecule has 0 saturated carbocycles. The second-order valence-corrected chi connectivity index (χ2v) is 7.06. The van der Waals surface area contributed by atoms with Crippen LogP contribution in [0.25, 0.3) is 0 Å². The van der Waals surface area contributed by atoms with Crippen molar-refractivity contribution in [2.45, 2.75) is 38.5 Å². The first kappa shape index (κ1) is 20.7. The number of nitrogens with one attached hydrogen (secondary N) is 1. The van der Waals surface area contributed by atoms with Crippen LogP contribution in [0.4, 0.5) is 0 Å². The van der Waals surface area contributed by atoms with Crippen molar-refractivity contribution in [3.63, 3.8) is 0 Å².